The monoisotopic (exact) mass is 342 g/mol. The molecule has 1 N–H and O–H groups in total. The molecule has 3 atom stereocenters. The van der Waals surface area contributed by atoms with E-state index in [1.165, 1.54) is 0 Å². The van der Waals surface area contributed by atoms with Gasteiger partial charge in [-0.3, -0.25) is 4.79 Å². The smallest absolute Gasteiger partial charge is 0.344 e. The minimum Gasteiger partial charge on any atom is -0.507 e. The Morgan fingerprint density at radius 2 is 2.12 bits per heavy atom. The second-order valence-corrected chi connectivity index (χ2v) is 7.08. The molecular formula is C20H22O5. The van der Waals surface area contributed by atoms with E-state index in [-0.39, 0.29) is 29.3 Å². The molecule has 1 aliphatic rings. The summed E-state index contributed by atoms with van der Waals surface area (Å²) in [5, 5.41) is 11.4. The van der Waals surface area contributed by atoms with Crippen molar-refractivity contribution in [1.82, 2.24) is 0 Å². The van der Waals surface area contributed by atoms with E-state index in [2.05, 4.69) is 6.58 Å². The minimum absolute atomic E-state index is 0.0934. The fourth-order valence-corrected chi connectivity index (χ4v) is 3.61. The molecule has 0 radical (unpaired) electrons. The lowest BCUT2D eigenvalue weighted by Crippen LogP contribution is -2.31. The van der Waals surface area contributed by atoms with E-state index in [9.17, 15) is 14.7 Å². The van der Waals surface area contributed by atoms with Crippen molar-refractivity contribution in [3.63, 3.8) is 0 Å². The number of carbonyl (C=O) groups excluding carboxylic acids is 1. The lowest BCUT2D eigenvalue weighted by molar-refractivity contribution is -0.144. The number of aromatic hydroxyl groups is 1. The Labute approximate surface area is 145 Å². The van der Waals surface area contributed by atoms with Gasteiger partial charge in [0.05, 0.1) is 16.9 Å². The summed E-state index contributed by atoms with van der Waals surface area (Å²) in [5.74, 6) is -0.492. The lowest BCUT2D eigenvalue weighted by atomic mass is 9.77. The van der Waals surface area contributed by atoms with Gasteiger partial charge in [0.25, 0.3) is 0 Å². The molecule has 25 heavy (non-hydrogen) atoms. The number of ether oxygens (including phenoxy) is 1. The molecule has 5 nitrogen and oxygen atoms in total. The zero-order chi connectivity index (χ0) is 18.4. The molecule has 1 aromatic heterocycles. The van der Waals surface area contributed by atoms with Gasteiger partial charge in [0.1, 0.15) is 17.4 Å². The molecule has 1 fully saturated rings. The van der Waals surface area contributed by atoms with Gasteiger partial charge in [-0.2, -0.15) is 0 Å². The molecule has 132 valence electrons. The van der Waals surface area contributed by atoms with Crippen LogP contribution in [-0.2, 0) is 14.9 Å². The van der Waals surface area contributed by atoms with Gasteiger partial charge in [0.15, 0.2) is 0 Å². The highest BCUT2D eigenvalue weighted by atomic mass is 16.5. The van der Waals surface area contributed by atoms with E-state index in [4.69, 9.17) is 9.15 Å². The van der Waals surface area contributed by atoms with E-state index >= 15 is 0 Å². The maximum absolute atomic E-state index is 12.6. The molecule has 0 bridgehead atoms. The van der Waals surface area contributed by atoms with E-state index in [0.717, 1.165) is 5.56 Å². The van der Waals surface area contributed by atoms with Crippen LogP contribution < -0.4 is 5.63 Å². The van der Waals surface area contributed by atoms with E-state index in [0.29, 0.717) is 23.8 Å². The molecule has 5 heteroatoms. The maximum atomic E-state index is 12.6. The first kappa shape index (κ1) is 17.3. The highest BCUT2D eigenvalue weighted by Crippen LogP contribution is 2.40. The Kier molecular flexibility index (Phi) is 4.19. The highest BCUT2D eigenvalue weighted by Gasteiger charge is 2.39. The fraction of sp³-hybridized carbons (Fsp3) is 0.400. The van der Waals surface area contributed by atoms with Crippen molar-refractivity contribution in [2.45, 2.75) is 45.1 Å². The number of benzene rings is 1. The molecule has 0 aliphatic carbocycles. The van der Waals surface area contributed by atoms with Gasteiger partial charge in [0.2, 0.25) is 0 Å². The van der Waals surface area contributed by atoms with Crippen molar-refractivity contribution < 1.29 is 19.1 Å². The zero-order valence-corrected chi connectivity index (χ0v) is 14.7. The standard InChI is InChI=1S/C20H22O5/c1-5-20(4,10-13-9-12(3)18(22)24-13)16-17(21)15-11(2)7-6-8-14(15)25-19(16)23/h5-8,12-13,21H,1,9-10H2,2-4H3. The summed E-state index contributed by atoms with van der Waals surface area (Å²) in [6, 6.07) is 5.27. The molecule has 1 aliphatic heterocycles. The summed E-state index contributed by atoms with van der Waals surface area (Å²) in [4.78, 5) is 24.3. The second-order valence-electron chi connectivity index (χ2n) is 7.08. The molecule has 0 spiro atoms. The third-order valence-electron chi connectivity index (χ3n) is 5.09. The van der Waals surface area contributed by atoms with Crippen LogP contribution >= 0.6 is 0 Å². The molecule has 2 aromatic rings. The van der Waals surface area contributed by atoms with Crippen molar-refractivity contribution in [3.05, 3.63) is 52.4 Å². The fourth-order valence-electron chi connectivity index (χ4n) is 3.61. The van der Waals surface area contributed by atoms with Crippen LogP contribution in [0.1, 0.15) is 37.8 Å². The average Bonchev–Trinajstić information content (AvgIpc) is 2.84. The molecule has 1 saturated heterocycles. The van der Waals surface area contributed by atoms with E-state index in [1.54, 1.807) is 25.1 Å². The van der Waals surface area contributed by atoms with E-state index < -0.39 is 11.0 Å². The Morgan fingerprint density at radius 1 is 1.40 bits per heavy atom. The summed E-state index contributed by atoms with van der Waals surface area (Å²) in [6.07, 6.45) is 2.24. The normalized spacial score (nSPS) is 22.6. The predicted molar refractivity (Wildman–Crippen MR) is 94.7 cm³/mol. The predicted octanol–water partition coefficient (Wildman–Crippen LogP) is 3.59. The Hall–Kier alpha value is -2.56. The van der Waals surface area contributed by atoms with Gasteiger partial charge >= 0.3 is 11.6 Å². The molecule has 0 amide bonds. The number of esters is 1. The summed E-state index contributed by atoms with van der Waals surface area (Å²) in [5.41, 5.74) is -0.169. The molecular weight excluding hydrogens is 320 g/mol. The third kappa shape index (κ3) is 2.84. The first-order valence-corrected chi connectivity index (χ1v) is 8.37. The van der Waals surface area contributed by atoms with Gasteiger partial charge < -0.3 is 14.3 Å². The number of hydrogen-bond acceptors (Lipinski definition) is 5. The Bertz CT molecular complexity index is 910. The van der Waals surface area contributed by atoms with Crippen molar-refractivity contribution in [1.29, 1.82) is 0 Å². The number of carbonyl (C=O) groups is 1. The van der Waals surface area contributed by atoms with Crippen LogP contribution in [0, 0.1) is 12.8 Å². The van der Waals surface area contributed by atoms with Crippen molar-refractivity contribution in [3.8, 4) is 5.75 Å². The number of aryl methyl sites for hydroxylation is 1. The quantitative estimate of drug-likeness (QED) is 0.522. The van der Waals surface area contributed by atoms with Crippen molar-refractivity contribution in [2.75, 3.05) is 0 Å². The lowest BCUT2D eigenvalue weighted by Gasteiger charge is -2.28. The van der Waals surface area contributed by atoms with Crippen LogP contribution in [0.5, 0.6) is 5.75 Å². The SMILES string of the molecule is C=CC(C)(CC1CC(C)C(=O)O1)c1c(O)c2c(C)cccc2oc1=O. The Balaban J connectivity index is 2.12. The van der Waals surface area contributed by atoms with Crippen molar-refractivity contribution >= 4 is 16.9 Å². The minimum atomic E-state index is -0.879. The summed E-state index contributed by atoms with van der Waals surface area (Å²) in [6.45, 7) is 9.30. The summed E-state index contributed by atoms with van der Waals surface area (Å²) >= 11 is 0. The number of allylic oxidation sites excluding steroid dienone is 1. The van der Waals surface area contributed by atoms with Gasteiger partial charge in [-0.1, -0.05) is 32.1 Å². The molecule has 0 saturated carbocycles. The number of rotatable bonds is 4. The van der Waals surface area contributed by atoms with Crippen LogP contribution in [0.3, 0.4) is 0 Å². The van der Waals surface area contributed by atoms with Gasteiger partial charge in [0, 0.05) is 5.41 Å². The second kappa shape index (κ2) is 6.06. The number of fused-ring (bicyclic) bond motifs is 1. The molecule has 3 unspecified atom stereocenters. The first-order chi connectivity index (χ1) is 11.8. The molecule has 3 rings (SSSR count). The number of hydrogen-bond donors (Lipinski definition) is 1. The number of cyclic esters (lactones) is 1. The topological polar surface area (TPSA) is 76.7 Å². The van der Waals surface area contributed by atoms with Gasteiger partial charge in [-0.25, -0.2) is 4.79 Å². The van der Waals surface area contributed by atoms with Crippen molar-refractivity contribution in [2.24, 2.45) is 5.92 Å². The maximum Gasteiger partial charge on any atom is 0.344 e. The zero-order valence-electron chi connectivity index (χ0n) is 14.7. The van der Waals surface area contributed by atoms with E-state index in [1.807, 2.05) is 19.9 Å². The third-order valence-corrected chi connectivity index (χ3v) is 5.09. The Morgan fingerprint density at radius 3 is 2.72 bits per heavy atom. The van der Waals surface area contributed by atoms with Gasteiger partial charge in [-0.15, -0.1) is 6.58 Å². The summed E-state index contributed by atoms with van der Waals surface area (Å²) < 4.78 is 10.8. The summed E-state index contributed by atoms with van der Waals surface area (Å²) in [7, 11) is 0. The van der Waals surface area contributed by atoms with Gasteiger partial charge in [-0.05, 0) is 31.4 Å². The largest absolute Gasteiger partial charge is 0.507 e. The molecule has 2 heterocycles. The average molecular weight is 342 g/mol. The molecule has 1 aromatic carbocycles. The van der Waals surface area contributed by atoms with Crippen LogP contribution in [0.15, 0.2) is 40.1 Å². The highest BCUT2D eigenvalue weighted by molar-refractivity contribution is 5.87. The van der Waals surface area contributed by atoms with Crippen LogP contribution in [0.25, 0.3) is 11.0 Å². The first-order valence-electron chi connectivity index (χ1n) is 8.37. The van der Waals surface area contributed by atoms with Crippen LogP contribution in [0.4, 0.5) is 0 Å². The van der Waals surface area contributed by atoms with Crippen LogP contribution in [-0.4, -0.2) is 17.2 Å². The van der Waals surface area contributed by atoms with Crippen LogP contribution in [0.2, 0.25) is 0 Å².